The van der Waals surface area contributed by atoms with Crippen LogP contribution in [0.4, 0.5) is 0 Å². The van der Waals surface area contributed by atoms with Crippen molar-refractivity contribution in [1.29, 1.82) is 0 Å². The molecular weight excluding hydrogens is 176 g/mol. The Morgan fingerprint density at radius 2 is 2.14 bits per heavy atom. The van der Waals surface area contributed by atoms with Crippen LogP contribution in [0.1, 0.15) is 25.0 Å². The van der Waals surface area contributed by atoms with Crippen molar-refractivity contribution in [3.05, 3.63) is 29.3 Å². The van der Waals surface area contributed by atoms with Crippen molar-refractivity contribution in [3.8, 4) is 11.5 Å². The molecule has 14 heavy (non-hydrogen) atoms. The van der Waals surface area contributed by atoms with Gasteiger partial charge in [-0.1, -0.05) is 19.1 Å². The summed E-state index contributed by atoms with van der Waals surface area (Å²) in [6, 6.07) is 3.80. The second kappa shape index (κ2) is 4.70. The van der Waals surface area contributed by atoms with Crippen molar-refractivity contribution in [3.63, 3.8) is 0 Å². The third-order valence-electron chi connectivity index (χ3n) is 2.14. The molecule has 1 aromatic carbocycles. The number of hydrogen-bond donors (Lipinski definition) is 1. The number of benzene rings is 1. The van der Waals surface area contributed by atoms with E-state index in [-0.39, 0.29) is 5.75 Å². The molecule has 0 radical (unpaired) electrons. The van der Waals surface area contributed by atoms with Crippen LogP contribution in [0.5, 0.6) is 11.5 Å². The number of ether oxygens (including phenoxy) is 1. The van der Waals surface area contributed by atoms with Crippen LogP contribution in [0.25, 0.3) is 6.08 Å². The Kier molecular flexibility index (Phi) is 3.57. The van der Waals surface area contributed by atoms with E-state index in [2.05, 4.69) is 0 Å². The molecule has 2 heteroatoms. The molecule has 0 saturated heterocycles. The van der Waals surface area contributed by atoms with Gasteiger partial charge in [-0.05, 0) is 36.6 Å². The summed E-state index contributed by atoms with van der Waals surface area (Å²) in [5.41, 5.74) is 1.97. The van der Waals surface area contributed by atoms with E-state index < -0.39 is 0 Å². The van der Waals surface area contributed by atoms with Crippen molar-refractivity contribution >= 4 is 6.08 Å². The first kappa shape index (κ1) is 10.6. The highest BCUT2D eigenvalue weighted by Gasteiger charge is 2.07. The minimum atomic E-state index is 0.253. The summed E-state index contributed by atoms with van der Waals surface area (Å²) in [6.45, 7) is 3.97. The van der Waals surface area contributed by atoms with Crippen LogP contribution >= 0.6 is 0 Å². The van der Waals surface area contributed by atoms with Crippen LogP contribution in [0.3, 0.4) is 0 Å². The van der Waals surface area contributed by atoms with Crippen LogP contribution in [0.2, 0.25) is 0 Å². The maximum Gasteiger partial charge on any atom is 0.161 e. The number of phenols is 1. The van der Waals surface area contributed by atoms with E-state index >= 15 is 0 Å². The fraction of sp³-hybridized carbons (Fsp3) is 0.333. The van der Waals surface area contributed by atoms with Crippen molar-refractivity contribution in [2.75, 3.05) is 7.11 Å². The van der Waals surface area contributed by atoms with Gasteiger partial charge in [0.1, 0.15) is 0 Å². The molecule has 0 unspecified atom stereocenters. The zero-order chi connectivity index (χ0) is 10.6. The van der Waals surface area contributed by atoms with Gasteiger partial charge in [0.25, 0.3) is 0 Å². The lowest BCUT2D eigenvalue weighted by molar-refractivity contribution is 0.371. The number of phenolic OH excluding ortho intramolecular Hbond substituents is 1. The third-order valence-corrected chi connectivity index (χ3v) is 2.14. The molecular formula is C12H16O2. The molecule has 0 amide bonds. The number of allylic oxidation sites excluding steroid dienone is 1. The molecule has 0 bridgehead atoms. The summed E-state index contributed by atoms with van der Waals surface area (Å²) in [4.78, 5) is 0. The Balaban J connectivity index is 3.24. The molecule has 0 fully saturated rings. The standard InChI is InChI=1S/C12H16O2/c1-4-6-9-7-10(5-2)12(13)11(8-9)14-3/h4,6-8,13H,5H2,1-3H3/b6-4+. The van der Waals surface area contributed by atoms with E-state index in [1.165, 1.54) is 0 Å². The zero-order valence-corrected chi connectivity index (χ0v) is 8.87. The molecule has 0 spiro atoms. The molecule has 0 heterocycles. The summed E-state index contributed by atoms with van der Waals surface area (Å²) < 4.78 is 5.09. The summed E-state index contributed by atoms with van der Waals surface area (Å²) in [5.74, 6) is 0.792. The van der Waals surface area contributed by atoms with E-state index in [1.54, 1.807) is 7.11 Å². The van der Waals surface area contributed by atoms with E-state index in [1.807, 2.05) is 38.1 Å². The molecule has 0 aliphatic heterocycles. The van der Waals surface area contributed by atoms with Crippen LogP contribution in [0, 0.1) is 0 Å². The van der Waals surface area contributed by atoms with Gasteiger partial charge in [0.05, 0.1) is 7.11 Å². The second-order valence-electron chi connectivity index (χ2n) is 3.08. The smallest absolute Gasteiger partial charge is 0.161 e. The molecule has 0 atom stereocenters. The minimum Gasteiger partial charge on any atom is -0.504 e. The predicted octanol–water partition coefficient (Wildman–Crippen LogP) is 3.00. The summed E-state index contributed by atoms with van der Waals surface area (Å²) >= 11 is 0. The summed E-state index contributed by atoms with van der Waals surface area (Å²) in [5, 5.41) is 9.73. The number of hydrogen-bond acceptors (Lipinski definition) is 2. The highest BCUT2D eigenvalue weighted by molar-refractivity contribution is 5.58. The Labute approximate surface area is 84.8 Å². The predicted molar refractivity (Wildman–Crippen MR) is 58.7 cm³/mol. The maximum absolute atomic E-state index is 9.73. The molecule has 2 nitrogen and oxygen atoms in total. The number of methoxy groups -OCH3 is 1. The van der Waals surface area contributed by atoms with Crippen LogP contribution < -0.4 is 4.74 Å². The molecule has 1 rings (SSSR count). The topological polar surface area (TPSA) is 29.5 Å². The Bertz CT molecular complexity index is 315. The Morgan fingerprint density at radius 3 is 2.64 bits per heavy atom. The van der Waals surface area contributed by atoms with E-state index in [9.17, 15) is 5.11 Å². The van der Waals surface area contributed by atoms with Gasteiger partial charge in [-0.15, -0.1) is 0 Å². The lowest BCUT2D eigenvalue weighted by atomic mass is 10.1. The van der Waals surface area contributed by atoms with E-state index in [0.717, 1.165) is 17.5 Å². The molecule has 0 aliphatic rings. The van der Waals surface area contributed by atoms with Gasteiger partial charge < -0.3 is 9.84 Å². The van der Waals surface area contributed by atoms with Crippen LogP contribution in [-0.4, -0.2) is 12.2 Å². The first-order valence-electron chi connectivity index (χ1n) is 4.75. The highest BCUT2D eigenvalue weighted by Crippen LogP contribution is 2.32. The van der Waals surface area contributed by atoms with E-state index in [4.69, 9.17) is 4.74 Å². The highest BCUT2D eigenvalue weighted by atomic mass is 16.5. The van der Waals surface area contributed by atoms with Gasteiger partial charge in [0.15, 0.2) is 11.5 Å². The molecule has 1 aromatic rings. The summed E-state index contributed by atoms with van der Waals surface area (Å²) in [7, 11) is 1.56. The summed E-state index contributed by atoms with van der Waals surface area (Å²) in [6.07, 6.45) is 4.75. The van der Waals surface area contributed by atoms with Crippen molar-refractivity contribution in [2.24, 2.45) is 0 Å². The molecule has 0 aromatic heterocycles. The molecule has 0 saturated carbocycles. The lowest BCUT2D eigenvalue weighted by Gasteiger charge is -2.09. The van der Waals surface area contributed by atoms with Gasteiger partial charge in [0.2, 0.25) is 0 Å². The van der Waals surface area contributed by atoms with Gasteiger partial charge in [-0.25, -0.2) is 0 Å². The SMILES string of the molecule is C/C=C/c1cc(CC)c(O)c(OC)c1. The average molecular weight is 192 g/mol. The normalized spacial score (nSPS) is 10.8. The van der Waals surface area contributed by atoms with Gasteiger partial charge in [0, 0.05) is 0 Å². The third kappa shape index (κ3) is 2.08. The Morgan fingerprint density at radius 1 is 1.43 bits per heavy atom. The van der Waals surface area contributed by atoms with Gasteiger partial charge in [-0.3, -0.25) is 0 Å². The quantitative estimate of drug-likeness (QED) is 0.797. The van der Waals surface area contributed by atoms with Gasteiger partial charge in [-0.2, -0.15) is 0 Å². The minimum absolute atomic E-state index is 0.253. The van der Waals surface area contributed by atoms with Crippen molar-refractivity contribution in [1.82, 2.24) is 0 Å². The fourth-order valence-corrected chi connectivity index (χ4v) is 1.40. The number of aromatic hydroxyl groups is 1. The largest absolute Gasteiger partial charge is 0.504 e. The first-order valence-corrected chi connectivity index (χ1v) is 4.75. The molecule has 0 aliphatic carbocycles. The van der Waals surface area contributed by atoms with Gasteiger partial charge >= 0.3 is 0 Å². The second-order valence-corrected chi connectivity index (χ2v) is 3.08. The van der Waals surface area contributed by atoms with Crippen molar-refractivity contribution in [2.45, 2.75) is 20.3 Å². The number of aryl methyl sites for hydroxylation is 1. The Hall–Kier alpha value is -1.44. The lowest BCUT2D eigenvalue weighted by Crippen LogP contribution is -1.90. The fourth-order valence-electron chi connectivity index (χ4n) is 1.40. The average Bonchev–Trinajstić information content (AvgIpc) is 2.20. The van der Waals surface area contributed by atoms with Crippen LogP contribution in [-0.2, 0) is 6.42 Å². The van der Waals surface area contributed by atoms with Crippen LogP contribution in [0.15, 0.2) is 18.2 Å². The molecule has 1 N–H and O–H groups in total. The monoisotopic (exact) mass is 192 g/mol. The maximum atomic E-state index is 9.73. The zero-order valence-electron chi connectivity index (χ0n) is 8.87. The van der Waals surface area contributed by atoms with Crippen molar-refractivity contribution < 1.29 is 9.84 Å². The first-order chi connectivity index (χ1) is 6.72. The van der Waals surface area contributed by atoms with E-state index in [0.29, 0.717) is 5.75 Å². The number of rotatable bonds is 3. The molecule has 76 valence electrons.